The molecule has 0 saturated carbocycles. The molecular formula is C18H16N2O4. The third kappa shape index (κ3) is 3.08. The smallest absolute Gasteiger partial charge is 0.335 e. The minimum absolute atomic E-state index is 0.227. The van der Waals surface area contributed by atoms with Crippen molar-refractivity contribution < 1.29 is 19.1 Å². The lowest BCUT2D eigenvalue weighted by Crippen LogP contribution is -1.99. The number of nitrogens with one attached hydrogen (secondary N) is 1. The second-order valence-electron chi connectivity index (χ2n) is 5.18. The molecule has 2 N–H and O–H groups in total. The maximum Gasteiger partial charge on any atom is 0.335 e. The van der Waals surface area contributed by atoms with E-state index >= 15 is 0 Å². The van der Waals surface area contributed by atoms with Crippen molar-refractivity contribution in [3.63, 3.8) is 0 Å². The average Bonchev–Trinajstić information content (AvgIpc) is 3.04. The van der Waals surface area contributed by atoms with Crippen molar-refractivity contribution in [3.05, 3.63) is 59.9 Å². The lowest BCUT2D eigenvalue weighted by Gasteiger charge is -2.02. The summed E-state index contributed by atoms with van der Waals surface area (Å²) in [5, 5.41) is 14.1. The Balaban J connectivity index is 1.81. The van der Waals surface area contributed by atoms with Gasteiger partial charge in [0.05, 0.1) is 18.4 Å². The molecule has 0 amide bonds. The van der Waals surface area contributed by atoms with Gasteiger partial charge in [-0.3, -0.25) is 5.43 Å². The van der Waals surface area contributed by atoms with Crippen LogP contribution in [0.15, 0.2) is 58.0 Å². The monoisotopic (exact) mass is 324 g/mol. The van der Waals surface area contributed by atoms with Gasteiger partial charge in [0.1, 0.15) is 5.71 Å². The number of ether oxygens (including phenoxy) is 1. The van der Waals surface area contributed by atoms with Gasteiger partial charge in [0.2, 0.25) is 0 Å². The van der Waals surface area contributed by atoms with Crippen molar-refractivity contribution in [2.75, 3.05) is 12.5 Å². The Morgan fingerprint density at radius 1 is 1.21 bits per heavy atom. The van der Waals surface area contributed by atoms with Crippen LogP contribution < -0.4 is 10.2 Å². The molecule has 122 valence electrons. The van der Waals surface area contributed by atoms with Crippen molar-refractivity contribution >= 4 is 28.3 Å². The number of carboxylic acids is 1. The van der Waals surface area contributed by atoms with E-state index in [0.717, 1.165) is 5.39 Å². The fraction of sp³-hybridized carbons (Fsp3) is 0.111. The minimum Gasteiger partial charge on any atom is -0.493 e. The lowest BCUT2D eigenvalue weighted by molar-refractivity contribution is 0.0697. The Bertz CT molecular complexity index is 910. The number of benzene rings is 2. The number of hydrogen-bond acceptors (Lipinski definition) is 5. The summed E-state index contributed by atoms with van der Waals surface area (Å²) in [5.41, 5.74) is 5.14. The molecule has 0 unspecified atom stereocenters. The number of furan rings is 1. The second kappa shape index (κ2) is 6.45. The first-order chi connectivity index (χ1) is 11.6. The molecule has 24 heavy (non-hydrogen) atoms. The molecule has 2 aromatic carbocycles. The van der Waals surface area contributed by atoms with E-state index in [1.54, 1.807) is 19.2 Å². The Morgan fingerprint density at radius 3 is 2.62 bits per heavy atom. The quantitative estimate of drug-likeness (QED) is 0.548. The highest BCUT2D eigenvalue weighted by atomic mass is 16.5. The first kappa shape index (κ1) is 15.6. The molecule has 0 aliphatic carbocycles. The lowest BCUT2D eigenvalue weighted by atomic mass is 10.2. The number of fused-ring (bicyclic) bond motifs is 1. The number of hydrogen-bond donors (Lipinski definition) is 2. The van der Waals surface area contributed by atoms with Crippen molar-refractivity contribution in [2.24, 2.45) is 5.10 Å². The van der Waals surface area contributed by atoms with Crippen LogP contribution in [0.25, 0.3) is 11.0 Å². The Hall–Kier alpha value is -3.28. The van der Waals surface area contributed by atoms with E-state index < -0.39 is 5.97 Å². The van der Waals surface area contributed by atoms with E-state index in [4.69, 9.17) is 14.3 Å². The second-order valence-corrected chi connectivity index (χ2v) is 5.18. The summed E-state index contributed by atoms with van der Waals surface area (Å²) in [4.78, 5) is 10.8. The van der Waals surface area contributed by atoms with Gasteiger partial charge in [-0.25, -0.2) is 4.79 Å². The zero-order chi connectivity index (χ0) is 17.1. The summed E-state index contributed by atoms with van der Waals surface area (Å²) in [6.07, 6.45) is 0. The van der Waals surface area contributed by atoms with Crippen LogP contribution in [0.4, 0.5) is 5.69 Å². The van der Waals surface area contributed by atoms with Crippen molar-refractivity contribution in [3.8, 4) is 5.75 Å². The fourth-order valence-electron chi connectivity index (χ4n) is 2.27. The number of hydrazone groups is 1. The van der Waals surface area contributed by atoms with Gasteiger partial charge in [-0.1, -0.05) is 12.1 Å². The van der Waals surface area contributed by atoms with Crippen molar-refractivity contribution in [2.45, 2.75) is 6.92 Å². The normalized spacial score (nSPS) is 11.5. The van der Waals surface area contributed by atoms with E-state index in [1.807, 2.05) is 31.2 Å². The van der Waals surface area contributed by atoms with E-state index in [9.17, 15) is 4.79 Å². The first-order valence-electron chi connectivity index (χ1n) is 7.29. The number of carbonyl (C=O) groups is 1. The van der Waals surface area contributed by atoms with Crippen LogP contribution in [0.5, 0.6) is 5.75 Å². The Labute approximate surface area is 138 Å². The van der Waals surface area contributed by atoms with Crippen LogP contribution in [0.1, 0.15) is 23.0 Å². The van der Waals surface area contributed by atoms with E-state index in [1.165, 1.54) is 12.1 Å². The first-order valence-corrected chi connectivity index (χ1v) is 7.29. The van der Waals surface area contributed by atoms with Crippen LogP contribution in [0.2, 0.25) is 0 Å². The van der Waals surface area contributed by atoms with Gasteiger partial charge in [-0.05, 0) is 43.3 Å². The van der Waals surface area contributed by atoms with E-state index in [-0.39, 0.29) is 5.56 Å². The predicted molar refractivity (Wildman–Crippen MR) is 92.0 cm³/mol. The van der Waals surface area contributed by atoms with Gasteiger partial charge in [0.25, 0.3) is 0 Å². The van der Waals surface area contributed by atoms with Crippen molar-refractivity contribution in [1.29, 1.82) is 0 Å². The topological polar surface area (TPSA) is 84.1 Å². The number of carboxylic acid groups (broad SMARTS) is 1. The fourth-order valence-corrected chi connectivity index (χ4v) is 2.27. The predicted octanol–water partition coefficient (Wildman–Crippen LogP) is 3.98. The summed E-state index contributed by atoms with van der Waals surface area (Å²) in [7, 11) is 1.60. The zero-order valence-corrected chi connectivity index (χ0v) is 13.2. The number of anilines is 1. The number of methoxy groups -OCH3 is 1. The van der Waals surface area contributed by atoms with Crippen LogP contribution in [-0.2, 0) is 0 Å². The van der Waals surface area contributed by atoms with Crippen LogP contribution in [0, 0.1) is 0 Å². The molecule has 6 heteroatoms. The summed E-state index contributed by atoms with van der Waals surface area (Å²) in [6, 6.07) is 13.9. The van der Waals surface area contributed by atoms with E-state index in [2.05, 4.69) is 10.5 Å². The molecular weight excluding hydrogens is 308 g/mol. The van der Waals surface area contributed by atoms with Gasteiger partial charge in [-0.15, -0.1) is 0 Å². The largest absolute Gasteiger partial charge is 0.493 e. The summed E-state index contributed by atoms with van der Waals surface area (Å²) >= 11 is 0. The SMILES string of the molecule is COc1cccc2cc(/C(C)=N\Nc3ccc(C(=O)O)cc3)oc12. The Kier molecular flexibility index (Phi) is 4.20. The van der Waals surface area contributed by atoms with Gasteiger partial charge in [0, 0.05) is 5.39 Å². The number of nitrogens with zero attached hydrogens (tertiary/aromatic N) is 1. The third-order valence-electron chi connectivity index (χ3n) is 3.57. The highest BCUT2D eigenvalue weighted by molar-refractivity contribution is 6.00. The highest BCUT2D eigenvalue weighted by Crippen LogP contribution is 2.28. The molecule has 0 radical (unpaired) electrons. The molecule has 0 atom stereocenters. The molecule has 0 bridgehead atoms. The highest BCUT2D eigenvalue weighted by Gasteiger charge is 2.10. The number of aromatic carboxylic acids is 1. The molecule has 6 nitrogen and oxygen atoms in total. The minimum atomic E-state index is -0.961. The van der Waals surface area contributed by atoms with Crippen LogP contribution in [-0.4, -0.2) is 23.9 Å². The summed E-state index contributed by atoms with van der Waals surface area (Å²) < 4.78 is 11.1. The third-order valence-corrected chi connectivity index (χ3v) is 3.57. The molecule has 0 spiro atoms. The van der Waals surface area contributed by atoms with Crippen LogP contribution in [0.3, 0.4) is 0 Å². The molecule has 0 saturated heterocycles. The van der Waals surface area contributed by atoms with Gasteiger partial charge >= 0.3 is 5.97 Å². The molecule has 3 rings (SSSR count). The average molecular weight is 324 g/mol. The summed E-state index contributed by atoms with van der Waals surface area (Å²) in [5.74, 6) is 0.338. The summed E-state index contributed by atoms with van der Waals surface area (Å²) in [6.45, 7) is 1.82. The molecule has 3 aromatic rings. The number of rotatable bonds is 5. The molecule has 1 aromatic heterocycles. The molecule has 0 aliphatic rings. The Morgan fingerprint density at radius 2 is 1.96 bits per heavy atom. The van der Waals surface area contributed by atoms with Gasteiger partial charge < -0.3 is 14.3 Å². The van der Waals surface area contributed by atoms with Crippen LogP contribution >= 0.6 is 0 Å². The maximum atomic E-state index is 10.8. The molecule has 0 fully saturated rings. The van der Waals surface area contributed by atoms with Gasteiger partial charge in [0.15, 0.2) is 17.1 Å². The molecule has 1 heterocycles. The van der Waals surface area contributed by atoms with Gasteiger partial charge in [-0.2, -0.15) is 5.10 Å². The van der Waals surface area contributed by atoms with E-state index in [0.29, 0.717) is 28.5 Å². The maximum absolute atomic E-state index is 10.8. The standard InChI is InChI=1S/C18H16N2O4/c1-11(19-20-14-8-6-12(7-9-14)18(21)22)16-10-13-4-3-5-15(23-2)17(13)24-16/h3-10,20H,1-2H3,(H,21,22)/b19-11-. The zero-order valence-electron chi connectivity index (χ0n) is 13.2. The van der Waals surface area contributed by atoms with Crippen molar-refractivity contribution in [1.82, 2.24) is 0 Å². The molecule has 0 aliphatic heterocycles. The number of para-hydroxylation sites is 1.